The minimum Gasteiger partial charge on any atom is -0.479 e. The Morgan fingerprint density at radius 1 is 1.29 bits per heavy atom. The lowest BCUT2D eigenvalue weighted by Crippen LogP contribution is -2.52. The van der Waals surface area contributed by atoms with E-state index in [1.165, 1.54) is 16.2 Å². The topological polar surface area (TPSA) is 86.7 Å². The Bertz CT molecular complexity index is 868. The van der Waals surface area contributed by atoms with Gasteiger partial charge in [-0.25, -0.2) is 4.79 Å². The third-order valence-electron chi connectivity index (χ3n) is 4.78. The minimum atomic E-state index is -1.06. The number of nitrogens with zero attached hydrogens (tertiary/aromatic N) is 1. The van der Waals surface area contributed by atoms with Crippen LogP contribution < -0.4 is 5.32 Å². The number of aliphatic carboxylic acids is 1. The molecule has 3 rings (SSSR count). The van der Waals surface area contributed by atoms with Crippen molar-refractivity contribution in [2.45, 2.75) is 37.1 Å². The van der Waals surface area contributed by atoms with Gasteiger partial charge >= 0.3 is 5.97 Å². The van der Waals surface area contributed by atoms with Crippen molar-refractivity contribution in [3.05, 3.63) is 57.8 Å². The fraction of sp³-hybridized carbons (Fsp3) is 0.350. The highest BCUT2D eigenvalue weighted by Gasteiger charge is 2.38. The molecule has 1 aliphatic rings. The molecule has 1 aliphatic heterocycles. The number of benzene rings is 1. The first-order valence-corrected chi connectivity index (χ1v) is 10.4. The molecule has 2 N–H and O–H groups in total. The highest BCUT2D eigenvalue weighted by molar-refractivity contribution is 7.81. The number of hydrogen-bond acceptors (Lipinski definition) is 5. The fourth-order valence-electron chi connectivity index (χ4n) is 3.34. The molecule has 0 bridgehead atoms. The zero-order valence-corrected chi connectivity index (χ0v) is 17.1. The molecule has 0 saturated carbocycles. The van der Waals surface area contributed by atoms with E-state index in [9.17, 15) is 19.5 Å². The Kier molecular flexibility index (Phi) is 6.41. The zero-order valence-electron chi connectivity index (χ0n) is 15.4. The first kappa shape index (κ1) is 20.4. The molecular weight excluding hydrogens is 396 g/mol. The van der Waals surface area contributed by atoms with Gasteiger partial charge in [-0.05, 0) is 42.3 Å². The molecule has 2 amide bonds. The number of hydrogen-bond donors (Lipinski definition) is 3. The predicted molar refractivity (Wildman–Crippen MR) is 111 cm³/mol. The molecule has 148 valence electrons. The number of amides is 2. The lowest BCUT2D eigenvalue weighted by atomic mass is 10.0. The van der Waals surface area contributed by atoms with E-state index in [4.69, 9.17) is 0 Å². The third-order valence-corrected chi connectivity index (χ3v) is 6.21. The van der Waals surface area contributed by atoms with Gasteiger partial charge in [0.25, 0.3) is 0 Å². The van der Waals surface area contributed by atoms with Crippen molar-refractivity contribution in [3.63, 3.8) is 0 Å². The number of thiol groups is 1. The molecule has 0 fully saturated rings. The lowest BCUT2D eigenvalue weighted by molar-refractivity contribution is -0.152. The average Bonchev–Trinajstić information content (AvgIpc) is 3.15. The number of nitrogens with one attached hydrogen (secondary N) is 1. The van der Waals surface area contributed by atoms with Gasteiger partial charge in [0.1, 0.15) is 6.04 Å². The second-order valence-electron chi connectivity index (χ2n) is 6.77. The van der Waals surface area contributed by atoms with E-state index in [0.29, 0.717) is 24.3 Å². The highest BCUT2D eigenvalue weighted by atomic mass is 32.1. The van der Waals surface area contributed by atoms with Crippen LogP contribution in [0.4, 0.5) is 0 Å². The van der Waals surface area contributed by atoms with Crippen LogP contribution in [0.3, 0.4) is 0 Å². The second kappa shape index (κ2) is 8.79. The van der Waals surface area contributed by atoms with Crippen molar-refractivity contribution >= 4 is 41.7 Å². The number of thiophene rings is 1. The Labute approximate surface area is 173 Å². The molecule has 0 saturated heterocycles. The molecule has 1 aromatic heterocycles. The third kappa shape index (κ3) is 4.39. The van der Waals surface area contributed by atoms with E-state index in [2.05, 4.69) is 17.9 Å². The van der Waals surface area contributed by atoms with Crippen molar-refractivity contribution in [2.24, 2.45) is 0 Å². The molecular formula is C20H22N2O4S2. The van der Waals surface area contributed by atoms with Gasteiger partial charge in [0.05, 0.1) is 5.25 Å². The van der Waals surface area contributed by atoms with Gasteiger partial charge in [-0.1, -0.05) is 30.3 Å². The van der Waals surface area contributed by atoms with Gasteiger partial charge in [-0.3, -0.25) is 9.59 Å². The average molecular weight is 419 g/mol. The lowest BCUT2D eigenvalue weighted by Gasteiger charge is -2.35. The maximum atomic E-state index is 12.9. The van der Waals surface area contributed by atoms with Crippen LogP contribution in [-0.4, -0.2) is 45.6 Å². The van der Waals surface area contributed by atoms with E-state index in [-0.39, 0.29) is 5.91 Å². The van der Waals surface area contributed by atoms with Crippen molar-refractivity contribution in [3.8, 4) is 0 Å². The summed E-state index contributed by atoms with van der Waals surface area (Å²) in [6.07, 6.45) is 1.05. The fourth-order valence-corrected chi connectivity index (χ4v) is 4.68. The van der Waals surface area contributed by atoms with Crippen molar-refractivity contribution in [2.75, 3.05) is 6.54 Å². The van der Waals surface area contributed by atoms with E-state index < -0.39 is 29.2 Å². The summed E-state index contributed by atoms with van der Waals surface area (Å²) in [5.41, 5.74) is 1.94. The zero-order chi connectivity index (χ0) is 20.3. The van der Waals surface area contributed by atoms with Crippen LogP contribution in [0.15, 0.2) is 41.8 Å². The summed E-state index contributed by atoms with van der Waals surface area (Å²) >= 11 is 5.70. The summed E-state index contributed by atoms with van der Waals surface area (Å²) in [6, 6.07) is 9.56. The molecule has 3 atom stereocenters. The summed E-state index contributed by atoms with van der Waals surface area (Å²) in [5.74, 6) is -1.82. The van der Waals surface area contributed by atoms with Gasteiger partial charge in [-0.2, -0.15) is 12.6 Å². The molecule has 0 aliphatic carbocycles. The summed E-state index contributed by atoms with van der Waals surface area (Å²) < 4.78 is 0. The van der Waals surface area contributed by atoms with E-state index in [0.717, 1.165) is 11.1 Å². The van der Waals surface area contributed by atoms with Gasteiger partial charge in [0, 0.05) is 11.4 Å². The number of carboxylic acid groups (broad SMARTS) is 1. The molecule has 0 radical (unpaired) electrons. The Hall–Kier alpha value is -2.32. The van der Waals surface area contributed by atoms with Crippen molar-refractivity contribution in [1.29, 1.82) is 0 Å². The molecule has 6 nitrogen and oxygen atoms in total. The molecule has 28 heavy (non-hydrogen) atoms. The van der Waals surface area contributed by atoms with Crippen LogP contribution in [0.25, 0.3) is 0 Å². The van der Waals surface area contributed by atoms with Gasteiger partial charge in [-0.15, -0.1) is 11.3 Å². The SMILES string of the molecule is C[C@H](NC(=O)C(S)Cc1ccccc1)C(=O)N1CCc2ccsc2C1C(=O)O. The number of fused-ring (bicyclic) bond motifs is 1. The Morgan fingerprint density at radius 3 is 2.68 bits per heavy atom. The van der Waals surface area contributed by atoms with E-state index >= 15 is 0 Å². The van der Waals surface area contributed by atoms with Crippen LogP contribution >= 0.6 is 24.0 Å². The van der Waals surface area contributed by atoms with Crippen molar-refractivity contribution < 1.29 is 19.5 Å². The van der Waals surface area contributed by atoms with Crippen molar-refractivity contribution in [1.82, 2.24) is 10.2 Å². The normalized spacial score (nSPS) is 18.1. The first-order valence-electron chi connectivity index (χ1n) is 9.00. The molecule has 2 aromatic rings. The number of carbonyl (C=O) groups is 3. The van der Waals surface area contributed by atoms with Crippen LogP contribution in [0, 0.1) is 0 Å². The Morgan fingerprint density at radius 2 is 2.00 bits per heavy atom. The Balaban J connectivity index is 1.65. The number of carboxylic acids is 1. The standard InChI is InChI=1S/C20H22N2O4S2/c1-12(21-18(23)15(27)11-13-5-3-2-4-6-13)19(24)22-9-7-14-8-10-28-17(14)16(22)20(25)26/h2-6,8,10,12,15-16,27H,7,9,11H2,1H3,(H,21,23)(H,25,26)/t12-,15?,16?/m0/s1. The molecule has 8 heteroatoms. The monoisotopic (exact) mass is 418 g/mol. The quantitative estimate of drug-likeness (QED) is 0.629. The number of carbonyl (C=O) groups excluding carboxylic acids is 2. The van der Waals surface area contributed by atoms with E-state index in [1.54, 1.807) is 6.92 Å². The smallest absolute Gasteiger partial charge is 0.331 e. The highest BCUT2D eigenvalue weighted by Crippen LogP contribution is 2.34. The molecule has 2 unspecified atom stereocenters. The number of rotatable bonds is 6. The van der Waals surface area contributed by atoms with Gasteiger partial charge in [0.15, 0.2) is 6.04 Å². The maximum Gasteiger partial charge on any atom is 0.331 e. The van der Waals surface area contributed by atoms with E-state index in [1.807, 2.05) is 41.8 Å². The van der Waals surface area contributed by atoms with Crippen LogP contribution in [0.1, 0.15) is 29.0 Å². The van der Waals surface area contributed by atoms with Gasteiger partial charge < -0.3 is 15.3 Å². The predicted octanol–water partition coefficient (Wildman–Crippen LogP) is 2.30. The first-order chi connectivity index (χ1) is 13.4. The molecule has 2 heterocycles. The molecule has 1 aromatic carbocycles. The summed E-state index contributed by atoms with van der Waals surface area (Å²) in [6.45, 7) is 1.89. The van der Waals surface area contributed by atoms with Crippen LogP contribution in [0.2, 0.25) is 0 Å². The minimum absolute atomic E-state index is 0.314. The van der Waals surface area contributed by atoms with Crippen LogP contribution in [-0.2, 0) is 27.2 Å². The largest absolute Gasteiger partial charge is 0.479 e. The van der Waals surface area contributed by atoms with Gasteiger partial charge in [0.2, 0.25) is 11.8 Å². The summed E-state index contributed by atoms with van der Waals surface area (Å²) in [4.78, 5) is 39.2. The van der Waals surface area contributed by atoms with Crippen LogP contribution in [0.5, 0.6) is 0 Å². The molecule has 0 spiro atoms. The maximum absolute atomic E-state index is 12.9. The summed E-state index contributed by atoms with van der Waals surface area (Å²) in [7, 11) is 0. The summed E-state index contributed by atoms with van der Waals surface area (Å²) in [5, 5.41) is 13.6. The second-order valence-corrected chi connectivity index (χ2v) is 8.34.